The van der Waals surface area contributed by atoms with E-state index in [2.05, 4.69) is 0 Å². The Labute approximate surface area is 116 Å². The summed E-state index contributed by atoms with van der Waals surface area (Å²) in [6, 6.07) is 8.96. The number of ether oxygens (including phenoxy) is 2. The predicted molar refractivity (Wildman–Crippen MR) is 72.3 cm³/mol. The van der Waals surface area contributed by atoms with Gasteiger partial charge in [0, 0.05) is 5.56 Å². The van der Waals surface area contributed by atoms with Crippen LogP contribution in [0.15, 0.2) is 34.7 Å². The second-order valence-electron chi connectivity index (χ2n) is 4.20. The largest absolute Gasteiger partial charge is 0.490 e. The van der Waals surface area contributed by atoms with Gasteiger partial charge in [-0.15, -0.1) is 0 Å². The van der Waals surface area contributed by atoms with Crippen LogP contribution in [0, 0.1) is 6.92 Å². The summed E-state index contributed by atoms with van der Waals surface area (Å²) in [4.78, 5) is 10.9. The van der Waals surface area contributed by atoms with Crippen LogP contribution < -0.4 is 9.47 Å². The Bertz CT molecular complexity index is 600. The van der Waals surface area contributed by atoms with E-state index in [9.17, 15) is 4.79 Å². The van der Waals surface area contributed by atoms with Gasteiger partial charge in [0.2, 0.25) is 5.76 Å². The van der Waals surface area contributed by atoms with E-state index in [1.165, 1.54) is 0 Å². The van der Waals surface area contributed by atoms with Crippen LogP contribution in [0.5, 0.6) is 11.5 Å². The van der Waals surface area contributed by atoms with Gasteiger partial charge in [0.1, 0.15) is 12.4 Å². The maximum absolute atomic E-state index is 10.9. The van der Waals surface area contributed by atoms with Crippen molar-refractivity contribution >= 4 is 5.97 Å². The van der Waals surface area contributed by atoms with Crippen LogP contribution in [-0.2, 0) is 6.61 Å². The molecule has 0 bridgehead atoms. The van der Waals surface area contributed by atoms with Gasteiger partial charge in [-0.3, -0.25) is 0 Å². The predicted octanol–water partition coefficient (Wildman–Crippen LogP) is 3.26. The monoisotopic (exact) mass is 276 g/mol. The quantitative estimate of drug-likeness (QED) is 0.877. The summed E-state index contributed by atoms with van der Waals surface area (Å²) in [7, 11) is 0. The fraction of sp³-hybridized carbons (Fsp3) is 0.267. The number of benzene rings is 1. The van der Waals surface area contributed by atoms with Crippen molar-refractivity contribution in [3.63, 3.8) is 0 Å². The highest BCUT2D eigenvalue weighted by Crippen LogP contribution is 2.27. The summed E-state index contributed by atoms with van der Waals surface area (Å²) in [5, 5.41) is 8.92. The third-order valence-corrected chi connectivity index (χ3v) is 2.68. The summed E-state index contributed by atoms with van der Waals surface area (Å²) < 4.78 is 16.3. The fourth-order valence-electron chi connectivity index (χ4n) is 1.82. The van der Waals surface area contributed by atoms with Crippen LogP contribution in [0.25, 0.3) is 0 Å². The van der Waals surface area contributed by atoms with E-state index < -0.39 is 5.97 Å². The topological polar surface area (TPSA) is 68.9 Å². The van der Waals surface area contributed by atoms with Crippen LogP contribution in [-0.4, -0.2) is 17.7 Å². The Morgan fingerprint density at radius 2 is 1.90 bits per heavy atom. The lowest BCUT2D eigenvalue weighted by atomic mass is 10.2. The summed E-state index contributed by atoms with van der Waals surface area (Å²) >= 11 is 0. The summed E-state index contributed by atoms with van der Waals surface area (Å²) in [5.41, 5.74) is 0.578. The molecule has 1 N–H and O–H groups in total. The summed E-state index contributed by atoms with van der Waals surface area (Å²) in [5.74, 6) is 0.577. The van der Waals surface area contributed by atoms with E-state index in [0.29, 0.717) is 29.4 Å². The Kier molecular flexibility index (Phi) is 4.30. The zero-order valence-electron chi connectivity index (χ0n) is 11.4. The summed E-state index contributed by atoms with van der Waals surface area (Å²) in [6.07, 6.45) is 0. The molecule has 0 aliphatic carbocycles. The molecule has 1 aromatic carbocycles. The highest BCUT2D eigenvalue weighted by molar-refractivity contribution is 5.86. The maximum Gasteiger partial charge on any atom is 0.372 e. The van der Waals surface area contributed by atoms with Crippen LogP contribution in [0.3, 0.4) is 0 Å². The molecule has 0 saturated heterocycles. The van der Waals surface area contributed by atoms with Gasteiger partial charge in [-0.2, -0.15) is 0 Å². The molecule has 5 heteroatoms. The van der Waals surface area contributed by atoms with E-state index in [1.807, 2.05) is 25.1 Å². The Morgan fingerprint density at radius 3 is 2.45 bits per heavy atom. The Morgan fingerprint density at radius 1 is 1.25 bits per heavy atom. The van der Waals surface area contributed by atoms with Gasteiger partial charge < -0.3 is 19.0 Å². The molecule has 0 aliphatic heterocycles. The van der Waals surface area contributed by atoms with Gasteiger partial charge in [0.05, 0.1) is 6.61 Å². The molecule has 0 amide bonds. The number of rotatable bonds is 6. The first-order valence-corrected chi connectivity index (χ1v) is 6.29. The van der Waals surface area contributed by atoms with Gasteiger partial charge in [-0.25, -0.2) is 4.79 Å². The van der Waals surface area contributed by atoms with Gasteiger partial charge in [-0.1, -0.05) is 12.1 Å². The van der Waals surface area contributed by atoms with E-state index in [0.717, 1.165) is 0 Å². The van der Waals surface area contributed by atoms with Crippen molar-refractivity contribution in [3.05, 3.63) is 47.4 Å². The third kappa shape index (κ3) is 3.12. The molecule has 2 rings (SSSR count). The number of aromatic carboxylic acids is 1. The molecule has 0 spiro atoms. The lowest BCUT2D eigenvalue weighted by Crippen LogP contribution is -1.99. The molecule has 0 fully saturated rings. The van der Waals surface area contributed by atoms with Crippen LogP contribution >= 0.6 is 0 Å². The van der Waals surface area contributed by atoms with Crippen LogP contribution in [0.2, 0.25) is 0 Å². The van der Waals surface area contributed by atoms with Crippen molar-refractivity contribution in [2.24, 2.45) is 0 Å². The molecule has 20 heavy (non-hydrogen) atoms. The Balaban J connectivity index is 2.09. The van der Waals surface area contributed by atoms with Crippen LogP contribution in [0.1, 0.15) is 28.8 Å². The molecule has 2 aromatic rings. The second kappa shape index (κ2) is 6.14. The molecule has 1 aromatic heterocycles. The number of hydrogen-bond donors (Lipinski definition) is 1. The third-order valence-electron chi connectivity index (χ3n) is 2.68. The lowest BCUT2D eigenvalue weighted by Gasteiger charge is -2.10. The fourth-order valence-corrected chi connectivity index (χ4v) is 1.82. The number of carbonyl (C=O) groups is 1. The van der Waals surface area contributed by atoms with Gasteiger partial charge in [-0.05, 0) is 32.0 Å². The van der Waals surface area contributed by atoms with Crippen LogP contribution in [0.4, 0.5) is 0 Å². The molecule has 0 unspecified atom stereocenters. The zero-order chi connectivity index (χ0) is 14.5. The van der Waals surface area contributed by atoms with E-state index in [4.69, 9.17) is 19.0 Å². The number of carboxylic acid groups (broad SMARTS) is 1. The molecule has 0 saturated carbocycles. The number of hydrogen-bond acceptors (Lipinski definition) is 4. The molecular weight excluding hydrogens is 260 g/mol. The van der Waals surface area contributed by atoms with E-state index >= 15 is 0 Å². The zero-order valence-corrected chi connectivity index (χ0v) is 11.4. The lowest BCUT2D eigenvalue weighted by molar-refractivity contribution is 0.0657. The first kappa shape index (κ1) is 14.0. The molecule has 0 atom stereocenters. The van der Waals surface area contributed by atoms with Crippen molar-refractivity contribution in [3.8, 4) is 11.5 Å². The molecule has 5 nitrogen and oxygen atoms in total. The molecule has 0 radical (unpaired) electrons. The SMILES string of the molecule is CCOc1ccccc1OCc1cc(C)c(C(=O)O)o1. The minimum Gasteiger partial charge on any atom is -0.490 e. The maximum atomic E-state index is 10.9. The number of para-hydroxylation sites is 2. The molecule has 106 valence electrons. The summed E-state index contributed by atoms with van der Waals surface area (Å²) in [6.45, 7) is 4.28. The molecule has 0 aliphatic rings. The highest BCUT2D eigenvalue weighted by Gasteiger charge is 2.15. The van der Waals surface area contributed by atoms with Gasteiger partial charge in [0.25, 0.3) is 0 Å². The van der Waals surface area contributed by atoms with Crippen molar-refractivity contribution in [2.75, 3.05) is 6.61 Å². The molecular formula is C15H16O5. The number of furan rings is 1. The minimum absolute atomic E-state index is 0.0540. The standard InChI is InChI=1S/C15H16O5/c1-3-18-12-6-4-5-7-13(12)19-9-11-8-10(2)14(20-11)15(16)17/h4-8H,3,9H2,1-2H3,(H,16,17). The molecule has 1 heterocycles. The second-order valence-corrected chi connectivity index (χ2v) is 4.20. The van der Waals surface area contributed by atoms with Gasteiger partial charge >= 0.3 is 5.97 Å². The van der Waals surface area contributed by atoms with E-state index in [-0.39, 0.29) is 12.4 Å². The Hall–Kier alpha value is -2.43. The average Bonchev–Trinajstić information content (AvgIpc) is 2.79. The highest BCUT2D eigenvalue weighted by atomic mass is 16.5. The minimum atomic E-state index is -1.08. The normalized spacial score (nSPS) is 10.3. The first-order valence-electron chi connectivity index (χ1n) is 6.29. The smallest absolute Gasteiger partial charge is 0.372 e. The number of carboxylic acids is 1. The van der Waals surface area contributed by atoms with Crippen molar-refractivity contribution in [1.82, 2.24) is 0 Å². The number of aryl methyl sites for hydroxylation is 1. The van der Waals surface area contributed by atoms with Gasteiger partial charge in [0.15, 0.2) is 11.5 Å². The van der Waals surface area contributed by atoms with Crippen molar-refractivity contribution < 1.29 is 23.8 Å². The van der Waals surface area contributed by atoms with Crippen molar-refractivity contribution in [1.29, 1.82) is 0 Å². The first-order chi connectivity index (χ1) is 9.61. The van der Waals surface area contributed by atoms with Crippen molar-refractivity contribution in [2.45, 2.75) is 20.5 Å². The van der Waals surface area contributed by atoms with E-state index in [1.54, 1.807) is 19.1 Å². The average molecular weight is 276 g/mol.